The van der Waals surface area contributed by atoms with Crippen molar-refractivity contribution in [3.05, 3.63) is 71.8 Å². The number of benzene rings is 2. The Morgan fingerprint density at radius 1 is 1.18 bits per heavy atom. The molecule has 1 fully saturated rings. The Bertz CT molecular complexity index is 990. The highest BCUT2D eigenvalue weighted by atomic mass is 19.1. The summed E-state index contributed by atoms with van der Waals surface area (Å²) in [5.74, 6) is -0.949. The Morgan fingerprint density at radius 3 is 2.68 bits per heavy atom. The Morgan fingerprint density at radius 2 is 1.96 bits per heavy atom. The van der Waals surface area contributed by atoms with Gasteiger partial charge >= 0.3 is 0 Å². The van der Waals surface area contributed by atoms with E-state index in [1.54, 1.807) is 35.0 Å². The van der Waals surface area contributed by atoms with Gasteiger partial charge in [0.2, 0.25) is 5.91 Å². The highest BCUT2D eigenvalue weighted by Gasteiger charge is 2.32. The molecule has 0 saturated carbocycles. The number of nitrogens with zero attached hydrogens (tertiary/aromatic N) is 5. The van der Waals surface area contributed by atoms with E-state index in [1.165, 1.54) is 17.3 Å². The third kappa shape index (κ3) is 3.73. The monoisotopic (exact) mass is 380 g/mol. The number of carbonyl (C=O) groups is 2. The van der Waals surface area contributed by atoms with Crippen LogP contribution in [0.5, 0.6) is 0 Å². The number of para-hydroxylation sites is 1. The van der Waals surface area contributed by atoms with Gasteiger partial charge in [-0.05, 0) is 40.3 Å². The molecule has 142 valence electrons. The zero-order valence-electron chi connectivity index (χ0n) is 14.8. The second kappa shape index (κ2) is 7.55. The van der Waals surface area contributed by atoms with E-state index in [0.29, 0.717) is 12.1 Å². The molecule has 4 rings (SSSR count). The standard InChI is InChI=1S/C19H17FN6O2/c20-16-3-1-2-4-17(16)26-11-15(9-18(26)27)22-19(28)14-7-5-13(6-8-14)10-25-12-21-23-24-25/h1-8,12,15H,9-11H2,(H,22,28)/t15-/m0/s1. The number of halogens is 1. The van der Waals surface area contributed by atoms with E-state index < -0.39 is 5.82 Å². The van der Waals surface area contributed by atoms with Gasteiger partial charge in [-0.15, -0.1) is 5.10 Å². The molecule has 0 aliphatic carbocycles. The molecule has 1 aliphatic rings. The van der Waals surface area contributed by atoms with Crippen LogP contribution in [0.2, 0.25) is 0 Å². The van der Waals surface area contributed by atoms with E-state index in [2.05, 4.69) is 20.8 Å². The van der Waals surface area contributed by atoms with Gasteiger partial charge in [-0.1, -0.05) is 24.3 Å². The zero-order valence-corrected chi connectivity index (χ0v) is 14.8. The molecule has 1 N–H and O–H groups in total. The average molecular weight is 380 g/mol. The molecule has 1 atom stereocenters. The molecule has 28 heavy (non-hydrogen) atoms. The average Bonchev–Trinajstić information content (AvgIpc) is 3.32. The molecular weight excluding hydrogens is 363 g/mol. The van der Waals surface area contributed by atoms with Gasteiger partial charge in [0.1, 0.15) is 12.1 Å². The summed E-state index contributed by atoms with van der Waals surface area (Å²) in [5.41, 5.74) is 1.67. The topological polar surface area (TPSA) is 93.0 Å². The minimum atomic E-state index is -0.457. The lowest BCUT2D eigenvalue weighted by Crippen LogP contribution is -2.37. The molecule has 0 bridgehead atoms. The lowest BCUT2D eigenvalue weighted by atomic mass is 10.1. The van der Waals surface area contributed by atoms with Gasteiger partial charge in [-0.2, -0.15) is 0 Å². The van der Waals surface area contributed by atoms with Gasteiger partial charge in [0.25, 0.3) is 5.91 Å². The van der Waals surface area contributed by atoms with E-state index in [-0.39, 0.29) is 36.5 Å². The first-order chi connectivity index (χ1) is 13.6. The maximum atomic E-state index is 13.9. The Labute approximate surface area is 160 Å². The highest BCUT2D eigenvalue weighted by Crippen LogP contribution is 2.24. The third-order valence-corrected chi connectivity index (χ3v) is 4.56. The van der Waals surface area contributed by atoms with Gasteiger partial charge in [0.05, 0.1) is 18.3 Å². The van der Waals surface area contributed by atoms with Crippen LogP contribution < -0.4 is 10.2 Å². The van der Waals surface area contributed by atoms with Crippen LogP contribution in [0.4, 0.5) is 10.1 Å². The predicted molar refractivity (Wildman–Crippen MR) is 98.0 cm³/mol. The molecule has 0 radical (unpaired) electrons. The molecular formula is C19H17FN6O2. The maximum Gasteiger partial charge on any atom is 0.251 e. The Balaban J connectivity index is 1.38. The maximum absolute atomic E-state index is 13.9. The summed E-state index contributed by atoms with van der Waals surface area (Å²) < 4.78 is 15.5. The second-order valence-electron chi connectivity index (χ2n) is 6.53. The SMILES string of the molecule is O=C(N[C@H]1CC(=O)N(c2ccccc2F)C1)c1ccc(Cn2cnnn2)cc1. The molecule has 1 aromatic heterocycles. The van der Waals surface area contributed by atoms with Crippen molar-refractivity contribution >= 4 is 17.5 Å². The molecule has 8 nitrogen and oxygen atoms in total. The first-order valence-electron chi connectivity index (χ1n) is 8.75. The predicted octanol–water partition coefficient (Wildman–Crippen LogP) is 1.40. The number of anilines is 1. The van der Waals surface area contributed by atoms with Crippen molar-refractivity contribution in [3.63, 3.8) is 0 Å². The van der Waals surface area contributed by atoms with Crippen LogP contribution in [0.25, 0.3) is 0 Å². The molecule has 3 aromatic rings. The van der Waals surface area contributed by atoms with Crippen LogP contribution in [-0.4, -0.2) is 44.6 Å². The smallest absolute Gasteiger partial charge is 0.251 e. The van der Waals surface area contributed by atoms with Crippen LogP contribution in [0.1, 0.15) is 22.3 Å². The molecule has 9 heteroatoms. The summed E-state index contributed by atoms with van der Waals surface area (Å²) in [6.07, 6.45) is 1.65. The fourth-order valence-corrected chi connectivity index (χ4v) is 3.18. The Hall–Kier alpha value is -3.62. The number of hydrogen-bond donors (Lipinski definition) is 1. The lowest BCUT2D eigenvalue weighted by molar-refractivity contribution is -0.117. The van der Waals surface area contributed by atoms with E-state index in [1.807, 2.05) is 12.1 Å². The number of carbonyl (C=O) groups excluding carboxylic acids is 2. The van der Waals surface area contributed by atoms with Crippen molar-refractivity contribution < 1.29 is 14.0 Å². The summed E-state index contributed by atoms with van der Waals surface area (Å²) in [4.78, 5) is 26.1. The third-order valence-electron chi connectivity index (χ3n) is 4.56. The summed E-state index contributed by atoms with van der Waals surface area (Å²) >= 11 is 0. The van der Waals surface area contributed by atoms with Crippen LogP contribution in [0.15, 0.2) is 54.9 Å². The van der Waals surface area contributed by atoms with Crippen LogP contribution in [0, 0.1) is 5.82 Å². The second-order valence-corrected chi connectivity index (χ2v) is 6.53. The van der Waals surface area contributed by atoms with Gasteiger partial charge in [0, 0.05) is 18.5 Å². The van der Waals surface area contributed by atoms with Crippen molar-refractivity contribution in [1.82, 2.24) is 25.5 Å². The van der Waals surface area contributed by atoms with E-state index in [4.69, 9.17) is 0 Å². The zero-order chi connectivity index (χ0) is 19.5. The first kappa shape index (κ1) is 17.8. The number of hydrogen-bond acceptors (Lipinski definition) is 5. The van der Waals surface area contributed by atoms with Crippen LogP contribution in [-0.2, 0) is 11.3 Å². The normalized spacial score (nSPS) is 16.4. The molecule has 0 spiro atoms. The molecule has 2 amide bonds. The number of nitrogens with one attached hydrogen (secondary N) is 1. The molecule has 1 saturated heterocycles. The van der Waals surface area contributed by atoms with Crippen LogP contribution >= 0.6 is 0 Å². The Kier molecular flexibility index (Phi) is 4.79. The van der Waals surface area contributed by atoms with Crippen molar-refractivity contribution in [1.29, 1.82) is 0 Å². The minimum Gasteiger partial charge on any atom is -0.347 e. The molecule has 1 aliphatic heterocycles. The summed E-state index contributed by atoms with van der Waals surface area (Å²) in [6, 6.07) is 12.8. The van der Waals surface area contributed by atoms with Crippen molar-refractivity contribution in [2.75, 3.05) is 11.4 Å². The summed E-state index contributed by atoms with van der Waals surface area (Å²) in [6.45, 7) is 0.743. The molecule has 2 heterocycles. The van der Waals surface area contributed by atoms with Crippen molar-refractivity contribution in [2.24, 2.45) is 0 Å². The number of rotatable bonds is 5. The quantitative estimate of drug-likeness (QED) is 0.722. The summed E-state index contributed by atoms with van der Waals surface area (Å²) in [7, 11) is 0. The highest BCUT2D eigenvalue weighted by molar-refractivity contribution is 5.99. The van der Waals surface area contributed by atoms with Crippen molar-refractivity contribution in [3.8, 4) is 0 Å². The first-order valence-corrected chi connectivity index (χ1v) is 8.75. The largest absolute Gasteiger partial charge is 0.347 e. The fourth-order valence-electron chi connectivity index (χ4n) is 3.18. The van der Waals surface area contributed by atoms with Gasteiger partial charge in [-0.3, -0.25) is 9.59 Å². The van der Waals surface area contributed by atoms with Gasteiger partial charge in [0.15, 0.2) is 0 Å². The number of tetrazole rings is 1. The van der Waals surface area contributed by atoms with E-state index in [9.17, 15) is 14.0 Å². The summed E-state index contributed by atoms with van der Waals surface area (Å²) in [5, 5.41) is 13.8. The lowest BCUT2D eigenvalue weighted by Gasteiger charge is -2.18. The van der Waals surface area contributed by atoms with Gasteiger partial charge < -0.3 is 10.2 Å². The van der Waals surface area contributed by atoms with E-state index >= 15 is 0 Å². The van der Waals surface area contributed by atoms with E-state index in [0.717, 1.165) is 5.56 Å². The van der Waals surface area contributed by atoms with Crippen LogP contribution in [0.3, 0.4) is 0 Å². The molecule has 2 aromatic carbocycles. The van der Waals surface area contributed by atoms with Gasteiger partial charge in [-0.25, -0.2) is 9.07 Å². The number of aromatic nitrogens is 4. The fraction of sp³-hybridized carbons (Fsp3) is 0.211. The van der Waals surface area contributed by atoms with Crippen molar-refractivity contribution in [2.45, 2.75) is 19.0 Å². The molecule has 0 unspecified atom stereocenters. The minimum absolute atomic E-state index is 0.136. The number of amides is 2.